The molecule has 5 nitrogen and oxygen atoms in total. The number of carbonyl (C=O) groups excluding carboxylic acids is 1. The van der Waals surface area contributed by atoms with Crippen LogP contribution < -0.4 is 11.1 Å². The summed E-state index contributed by atoms with van der Waals surface area (Å²) < 4.78 is 14.8. The molecule has 3 rings (SSSR count). The van der Waals surface area contributed by atoms with Crippen molar-refractivity contribution in [2.75, 3.05) is 13.1 Å². The largest absolute Gasteiger partial charge is 0.350 e. The first-order valence-corrected chi connectivity index (χ1v) is 7.62. The van der Waals surface area contributed by atoms with Crippen LogP contribution in [0.5, 0.6) is 0 Å². The molecule has 0 aliphatic rings. The van der Waals surface area contributed by atoms with Gasteiger partial charge in [0.05, 0.1) is 4.88 Å². The Morgan fingerprint density at radius 2 is 2.14 bits per heavy atom. The lowest BCUT2D eigenvalue weighted by molar-refractivity contribution is 0.0959. The summed E-state index contributed by atoms with van der Waals surface area (Å²) >= 11 is 1.37. The quantitative estimate of drug-likeness (QED) is 0.774. The van der Waals surface area contributed by atoms with Gasteiger partial charge in [-0.25, -0.2) is 4.39 Å². The predicted octanol–water partition coefficient (Wildman–Crippen LogP) is 2.13. The first kappa shape index (κ1) is 14.7. The van der Waals surface area contributed by atoms with Gasteiger partial charge in [0.25, 0.3) is 5.91 Å². The third-order valence-corrected chi connectivity index (χ3v) is 4.48. The number of aryl methyl sites for hydroxylation is 1. The molecule has 0 spiro atoms. The Morgan fingerprint density at radius 3 is 2.82 bits per heavy atom. The smallest absolute Gasteiger partial charge is 0.261 e. The van der Waals surface area contributed by atoms with E-state index in [0.717, 1.165) is 21.5 Å². The molecule has 2 aromatic heterocycles. The molecule has 0 atom stereocenters. The number of carbonyl (C=O) groups is 1. The van der Waals surface area contributed by atoms with Gasteiger partial charge in [-0.2, -0.15) is 5.10 Å². The Kier molecular flexibility index (Phi) is 3.91. The number of hydrogen-bond acceptors (Lipinski definition) is 4. The van der Waals surface area contributed by atoms with Crippen LogP contribution in [0.3, 0.4) is 0 Å². The molecule has 0 radical (unpaired) electrons. The molecule has 3 aromatic rings. The van der Waals surface area contributed by atoms with Crippen molar-refractivity contribution in [3.63, 3.8) is 0 Å². The van der Waals surface area contributed by atoms with Gasteiger partial charge in [-0.3, -0.25) is 9.48 Å². The molecular weight excluding hydrogens is 303 g/mol. The number of fused-ring (bicyclic) bond motifs is 1. The summed E-state index contributed by atoms with van der Waals surface area (Å²) in [5.41, 5.74) is 6.95. The molecule has 0 aliphatic carbocycles. The summed E-state index contributed by atoms with van der Waals surface area (Å²) in [4.78, 5) is 13.6. The molecular formula is C15H15FN4OS. The number of thiophene rings is 1. The van der Waals surface area contributed by atoms with Crippen LogP contribution in [0.15, 0.2) is 30.3 Å². The number of rotatable bonds is 4. The molecule has 22 heavy (non-hydrogen) atoms. The highest BCUT2D eigenvalue weighted by molar-refractivity contribution is 7.20. The van der Waals surface area contributed by atoms with Crippen LogP contribution in [-0.4, -0.2) is 28.8 Å². The number of halogens is 1. The molecule has 1 amide bonds. The molecule has 0 fully saturated rings. The van der Waals surface area contributed by atoms with E-state index in [-0.39, 0.29) is 11.7 Å². The fourth-order valence-corrected chi connectivity index (χ4v) is 3.23. The molecule has 114 valence electrons. The van der Waals surface area contributed by atoms with Gasteiger partial charge < -0.3 is 11.1 Å². The number of aromatic nitrogens is 2. The number of benzene rings is 1. The number of amides is 1. The van der Waals surface area contributed by atoms with E-state index in [1.165, 1.54) is 23.5 Å². The van der Waals surface area contributed by atoms with Gasteiger partial charge in [0.15, 0.2) is 0 Å². The second kappa shape index (κ2) is 5.86. The minimum absolute atomic E-state index is 0.142. The highest BCUT2D eigenvalue weighted by Crippen LogP contribution is 2.33. The van der Waals surface area contributed by atoms with Crippen molar-refractivity contribution in [1.82, 2.24) is 15.1 Å². The first-order chi connectivity index (χ1) is 10.6. The lowest BCUT2D eigenvalue weighted by Gasteiger charge is -2.00. The second-order valence-electron chi connectivity index (χ2n) is 4.85. The van der Waals surface area contributed by atoms with Crippen LogP contribution in [0.2, 0.25) is 0 Å². The zero-order valence-electron chi connectivity index (χ0n) is 12.0. The van der Waals surface area contributed by atoms with Crippen molar-refractivity contribution < 1.29 is 9.18 Å². The average molecular weight is 318 g/mol. The van der Waals surface area contributed by atoms with Crippen LogP contribution >= 0.6 is 11.3 Å². The molecule has 0 aliphatic heterocycles. The van der Waals surface area contributed by atoms with Gasteiger partial charge in [-0.1, -0.05) is 0 Å². The van der Waals surface area contributed by atoms with E-state index < -0.39 is 0 Å². The first-order valence-electron chi connectivity index (χ1n) is 6.81. The Bertz CT molecular complexity index is 822. The van der Waals surface area contributed by atoms with E-state index in [9.17, 15) is 9.18 Å². The van der Waals surface area contributed by atoms with Crippen LogP contribution in [0.25, 0.3) is 21.5 Å². The van der Waals surface area contributed by atoms with Gasteiger partial charge in [0.1, 0.15) is 16.3 Å². The SMILES string of the molecule is Cn1nc(-c2ccc(F)cc2)c2cc(C(=O)NCCN)sc21. The lowest BCUT2D eigenvalue weighted by Crippen LogP contribution is -2.28. The van der Waals surface area contributed by atoms with E-state index in [1.54, 1.807) is 16.8 Å². The zero-order chi connectivity index (χ0) is 15.7. The summed E-state index contributed by atoms with van der Waals surface area (Å²) in [6.45, 7) is 0.842. The van der Waals surface area contributed by atoms with Crippen molar-refractivity contribution in [1.29, 1.82) is 0 Å². The zero-order valence-corrected chi connectivity index (χ0v) is 12.8. The Labute approximate surface area is 130 Å². The van der Waals surface area contributed by atoms with Gasteiger partial charge >= 0.3 is 0 Å². The number of nitrogens with two attached hydrogens (primary N) is 1. The van der Waals surface area contributed by atoms with Crippen molar-refractivity contribution in [2.24, 2.45) is 12.8 Å². The number of nitrogens with zero attached hydrogens (tertiary/aromatic N) is 2. The molecule has 1 aromatic carbocycles. The highest BCUT2D eigenvalue weighted by Gasteiger charge is 2.17. The fourth-order valence-electron chi connectivity index (χ4n) is 2.25. The van der Waals surface area contributed by atoms with Crippen LogP contribution in [0.1, 0.15) is 9.67 Å². The minimum atomic E-state index is -0.289. The molecule has 3 N–H and O–H groups in total. The molecule has 0 bridgehead atoms. The molecule has 2 heterocycles. The van der Waals surface area contributed by atoms with Crippen molar-refractivity contribution in [3.8, 4) is 11.3 Å². The lowest BCUT2D eigenvalue weighted by atomic mass is 10.1. The number of hydrogen-bond donors (Lipinski definition) is 2. The second-order valence-corrected chi connectivity index (χ2v) is 5.88. The molecule has 0 saturated carbocycles. The van der Waals surface area contributed by atoms with E-state index in [1.807, 2.05) is 13.1 Å². The maximum absolute atomic E-state index is 13.1. The summed E-state index contributed by atoms with van der Waals surface area (Å²) in [6, 6.07) is 7.98. The maximum atomic E-state index is 13.1. The highest BCUT2D eigenvalue weighted by atomic mass is 32.1. The van der Waals surface area contributed by atoms with E-state index in [0.29, 0.717) is 18.0 Å². The summed E-state index contributed by atoms with van der Waals surface area (Å²) in [5.74, 6) is -0.431. The molecule has 7 heteroatoms. The third-order valence-electron chi connectivity index (χ3n) is 3.28. The normalized spacial score (nSPS) is 11.0. The minimum Gasteiger partial charge on any atom is -0.350 e. The summed E-state index contributed by atoms with van der Waals surface area (Å²) in [5, 5.41) is 8.10. The maximum Gasteiger partial charge on any atom is 0.261 e. The monoisotopic (exact) mass is 318 g/mol. The van der Waals surface area contributed by atoms with E-state index in [4.69, 9.17) is 5.73 Å². The van der Waals surface area contributed by atoms with E-state index >= 15 is 0 Å². The van der Waals surface area contributed by atoms with Crippen molar-refractivity contribution >= 4 is 27.5 Å². The summed E-state index contributed by atoms with van der Waals surface area (Å²) in [6.07, 6.45) is 0. The molecule has 0 saturated heterocycles. The standard InChI is InChI=1S/C15H15FN4OS/c1-20-15-11(8-12(22-15)14(21)18-7-6-17)13(19-20)9-2-4-10(16)5-3-9/h2-5,8H,6-7,17H2,1H3,(H,18,21). The molecule has 0 unspecified atom stereocenters. The van der Waals surface area contributed by atoms with Crippen molar-refractivity contribution in [2.45, 2.75) is 0 Å². The number of nitrogens with one attached hydrogen (secondary N) is 1. The third kappa shape index (κ3) is 2.60. The van der Waals surface area contributed by atoms with Crippen LogP contribution in [-0.2, 0) is 7.05 Å². The Balaban J connectivity index is 2.03. The van der Waals surface area contributed by atoms with Crippen LogP contribution in [0, 0.1) is 5.82 Å². The topological polar surface area (TPSA) is 72.9 Å². The predicted molar refractivity (Wildman–Crippen MR) is 85.4 cm³/mol. The summed E-state index contributed by atoms with van der Waals surface area (Å²) in [7, 11) is 1.83. The Hall–Kier alpha value is -2.25. The van der Waals surface area contributed by atoms with Crippen molar-refractivity contribution in [3.05, 3.63) is 41.0 Å². The van der Waals surface area contributed by atoms with E-state index in [2.05, 4.69) is 10.4 Å². The Morgan fingerprint density at radius 1 is 1.41 bits per heavy atom. The fraction of sp³-hybridized carbons (Fsp3) is 0.200. The van der Waals surface area contributed by atoms with Gasteiger partial charge in [0, 0.05) is 31.1 Å². The van der Waals surface area contributed by atoms with Gasteiger partial charge in [-0.15, -0.1) is 11.3 Å². The van der Waals surface area contributed by atoms with Gasteiger partial charge in [-0.05, 0) is 30.3 Å². The van der Waals surface area contributed by atoms with Gasteiger partial charge in [0.2, 0.25) is 0 Å². The van der Waals surface area contributed by atoms with Crippen LogP contribution in [0.4, 0.5) is 4.39 Å². The average Bonchev–Trinajstić information content (AvgIpc) is 3.07.